The van der Waals surface area contributed by atoms with Gasteiger partial charge in [-0.15, -0.1) is 0 Å². The zero-order chi connectivity index (χ0) is 47.5. The van der Waals surface area contributed by atoms with E-state index in [4.69, 9.17) is 14.5 Å². The van der Waals surface area contributed by atoms with Gasteiger partial charge in [0.1, 0.15) is 35.2 Å². The Labute approximate surface area is 390 Å². The van der Waals surface area contributed by atoms with Crippen molar-refractivity contribution in [2.45, 2.75) is 103 Å². The standard InChI is InChI=1S/C52H58N8O7/c1-51(2,3)66-49(64)57-43(34-15-9-7-10-16-34)47(62)59-27-13-19-41(59)45-53-31-40(56-45)33-23-21-32(22-24-33)39-30-36-29-37(25-26-38(36)55-39)54-46(61)42-20-14-28-60(42)48(63)44(35-17-11-8-12-18-35)58-50(65)67-52(4,5)6/h7-12,15-18,21-26,29-31,41-44,55H,13-14,19-20,27-28H2,1-6H3,(H,53,56)(H,54,61)(H,57,64)(H,58,65)/t41-,42?,43+,44-/m0/s1. The zero-order valence-corrected chi connectivity index (χ0v) is 38.7. The summed E-state index contributed by atoms with van der Waals surface area (Å²) in [5.74, 6) is -0.242. The second-order valence-electron chi connectivity index (χ2n) is 19.1. The molecule has 0 aliphatic carbocycles. The van der Waals surface area contributed by atoms with E-state index in [1.54, 1.807) is 81.8 Å². The normalized spacial score (nSPS) is 17.2. The number of benzene rings is 4. The number of carbonyl (C=O) groups is 5. The maximum atomic E-state index is 14.2. The van der Waals surface area contributed by atoms with Gasteiger partial charge in [0.15, 0.2) is 0 Å². The topological polar surface area (TPSA) is 191 Å². The van der Waals surface area contributed by atoms with E-state index in [2.05, 4.69) is 25.9 Å². The summed E-state index contributed by atoms with van der Waals surface area (Å²) in [4.78, 5) is 82.8. The van der Waals surface area contributed by atoms with Gasteiger partial charge >= 0.3 is 12.2 Å². The number of anilines is 1. The maximum Gasteiger partial charge on any atom is 0.408 e. The number of amides is 5. The van der Waals surface area contributed by atoms with Crippen molar-refractivity contribution in [3.05, 3.63) is 132 Å². The van der Waals surface area contributed by atoms with Gasteiger partial charge in [0.25, 0.3) is 11.8 Å². The van der Waals surface area contributed by atoms with Crippen LogP contribution in [0.2, 0.25) is 0 Å². The van der Waals surface area contributed by atoms with E-state index in [1.807, 2.05) is 84.9 Å². The summed E-state index contributed by atoms with van der Waals surface area (Å²) < 4.78 is 11.0. The molecule has 0 radical (unpaired) electrons. The number of hydrogen-bond donors (Lipinski definition) is 5. The number of imidazole rings is 1. The molecule has 2 aliphatic rings. The van der Waals surface area contributed by atoms with Crippen LogP contribution in [0.25, 0.3) is 33.4 Å². The van der Waals surface area contributed by atoms with Crippen molar-refractivity contribution >= 4 is 46.5 Å². The van der Waals surface area contributed by atoms with E-state index in [0.717, 1.165) is 46.3 Å². The van der Waals surface area contributed by atoms with Crippen molar-refractivity contribution in [3.8, 4) is 22.5 Å². The Kier molecular flexibility index (Phi) is 13.2. The molecule has 8 rings (SSSR count). The fraction of sp³-hybridized carbons (Fsp3) is 0.346. The first kappa shape index (κ1) is 46.1. The number of nitrogens with one attached hydrogen (secondary N) is 5. The first-order valence-electron chi connectivity index (χ1n) is 22.8. The molecule has 6 aromatic rings. The van der Waals surface area contributed by atoms with Crippen molar-refractivity contribution in [1.82, 2.24) is 35.4 Å². The Hall–Kier alpha value is -7.42. The number of alkyl carbamates (subject to hydrolysis) is 2. The van der Waals surface area contributed by atoms with Crippen LogP contribution in [0.15, 0.2) is 115 Å². The SMILES string of the molecule is CC(C)(C)OC(=O)N[C@H](C(=O)N1CCCC1C(=O)Nc1ccc2[nH]c(-c3ccc(-c4cnc([C@@H]5CCCN5C(=O)[C@H](NC(=O)OC(C)(C)C)c5ccccc5)[nH]4)cc3)cc2c1)c1ccccc1. The molecular weight excluding hydrogens is 849 g/mol. The minimum atomic E-state index is -1.03. The Morgan fingerprint density at radius 1 is 0.642 bits per heavy atom. The van der Waals surface area contributed by atoms with Crippen LogP contribution in [0.1, 0.15) is 102 Å². The molecule has 0 saturated carbocycles. The van der Waals surface area contributed by atoms with Gasteiger partial charge < -0.3 is 45.2 Å². The first-order chi connectivity index (χ1) is 32.0. The Bertz CT molecular complexity index is 2740. The highest BCUT2D eigenvalue weighted by Gasteiger charge is 2.40. The van der Waals surface area contributed by atoms with Crippen LogP contribution in [-0.2, 0) is 23.9 Å². The lowest BCUT2D eigenvalue weighted by atomic mass is 10.0. The van der Waals surface area contributed by atoms with Crippen LogP contribution in [0, 0.1) is 0 Å². The predicted octanol–water partition coefficient (Wildman–Crippen LogP) is 9.35. The van der Waals surface area contributed by atoms with Crippen LogP contribution in [0.3, 0.4) is 0 Å². The highest BCUT2D eigenvalue weighted by atomic mass is 16.6. The van der Waals surface area contributed by atoms with Crippen molar-refractivity contribution in [3.63, 3.8) is 0 Å². The maximum absolute atomic E-state index is 14.2. The van der Waals surface area contributed by atoms with Gasteiger partial charge in [0, 0.05) is 35.4 Å². The number of fused-ring (bicyclic) bond motifs is 1. The summed E-state index contributed by atoms with van der Waals surface area (Å²) in [6, 6.07) is 30.9. The van der Waals surface area contributed by atoms with E-state index >= 15 is 0 Å². The number of aromatic nitrogens is 3. The molecule has 0 bridgehead atoms. The van der Waals surface area contributed by atoms with E-state index in [-0.39, 0.29) is 23.8 Å². The quantitative estimate of drug-likeness (QED) is 0.0850. The predicted molar refractivity (Wildman–Crippen MR) is 255 cm³/mol. The second-order valence-corrected chi connectivity index (χ2v) is 19.1. The number of carbonyl (C=O) groups excluding carboxylic acids is 5. The third kappa shape index (κ3) is 11.0. The van der Waals surface area contributed by atoms with Crippen LogP contribution >= 0.6 is 0 Å². The number of hydrogen-bond acceptors (Lipinski definition) is 8. The second kappa shape index (κ2) is 19.2. The van der Waals surface area contributed by atoms with Crippen molar-refractivity contribution < 1.29 is 33.4 Å². The van der Waals surface area contributed by atoms with E-state index in [0.29, 0.717) is 48.6 Å². The molecule has 4 aromatic carbocycles. The van der Waals surface area contributed by atoms with Crippen LogP contribution < -0.4 is 16.0 Å². The highest BCUT2D eigenvalue weighted by Crippen LogP contribution is 2.35. The molecule has 4 atom stereocenters. The number of likely N-dealkylation sites (tertiary alicyclic amines) is 2. The summed E-state index contributed by atoms with van der Waals surface area (Å²) in [6.07, 6.45) is 3.04. The molecule has 67 heavy (non-hydrogen) atoms. The van der Waals surface area contributed by atoms with E-state index in [1.165, 1.54) is 0 Å². The van der Waals surface area contributed by atoms with Gasteiger partial charge in [-0.2, -0.15) is 0 Å². The zero-order valence-electron chi connectivity index (χ0n) is 38.7. The number of aromatic amines is 2. The summed E-state index contributed by atoms with van der Waals surface area (Å²) in [6.45, 7) is 11.5. The van der Waals surface area contributed by atoms with Crippen molar-refractivity contribution in [2.24, 2.45) is 0 Å². The smallest absolute Gasteiger partial charge is 0.408 e. The fourth-order valence-corrected chi connectivity index (χ4v) is 8.74. The minimum absolute atomic E-state index is 0.231. The van der Waals surface area contributed by atoms with E-state index in [9.17, 15) is 24.0 Å². The number of H-pyrrole nitrogens is 2. The van der Waals surface area contributed by atoms with Crippen LogP contribution in [-0.4, -0.2) is 85.0 Å². The minimum Gasteiger partial charge on any atom is -0.444 e. The van der Waals surface area contributed by atoms with Gasteiger partial charge in [-0.25, -0.2) is 14.6 Å². The van der Waals surface area contributed by atoms with Gasteiger partial charge in [-0.05, 0) is 114 Å². The number of nitrogens with zero attached hydrogens (tertiary/aromatic N) is 3. The number of rotatable bonds is 11. The molecule has 0 spiro atoms. The molecule has 348 valence electrons. The number of ether oxygens (including phenoxy) is 2. The average Bonchev–Trinajstić information content (AvgIpc) is 4.13. The molecule has 5 amide bonds. The molecule has 2 saturated heterocycles. The lowest BCUT2D eigenvalue weighted by Crippen LogP contribution is -2.49. The third-order valence-corrected chi connectivity index (χ3v) is 11.8. The molecule has 15 nitrogen and oxygen atoms in total. The average molecular weight is 907 g/mol. The van der Waals surface area contributed by atoms with Crippen LogP contribution in [0.5, 0.6) is 0 Å². The monoisotopic (exact) mass is 906 g/mol. The highest BCUT2D eigenvalue weighted by molar-refractivity contribution is 6.00. The first-order valence-corrected chi connectivity index (χ1v) is 22.8. The van der Waals surface area contributed by atoms with Gasteiger partial charge in [-0.3, -0.25) is 14.4 Å². The molecule has 2 aromatic heterocycles. The van der Waals surface area contributed by atoms with E-state index < -0.39 is 41.5 Å². The third-order valence-electron chi connectivity index (χ3n) is 11.8. The summed E-state index contributed by atoms with van der Waals surface area (Å²) >= 11 is 0. The van der Waals surface area contributed by atoms with Gasteiger partial charge in [0.05, 0.1) is 17.9 Å². The van der Waals surface area contributed by atoms with Crippen LogP contribution in [0.4, 0.5) is 15.3 Å². The summed E-state index contributed by atoms with van der Waals surface area (Å²) in [7, 11) is 0. The molecule has 1 unspecified atom stereocenters. The van der Waals surface area contributed by atoms with Gasteiger partial charge in [0.2, 0.25) is 5.91 Å². The molecule has 15 heteroatoms. The Morgan fingerprint density at radius 2 is 1.18 bits per heavy atom. The van der Waals surface area contributed by atoms with Crippen molar-refractivity contribution in [2.75, 3.05) is 18.4 Å². The van der Waals surface area contributed by atoms with Gasteiger partial charge in [-0.1, -0.05) is 84.9 Å². The lowest BCUT2D eigenvalue weighted by Gasteiger charge is -2.29. The lowest BCUT2D eigenvalue weighted by molar-refractivity contribution is -0.138. The fourth-order valence-electron chi connectivity index (χ4n) is 8.74. The molecule has 2 fully saturated rings. The summed E-state index contributed by atoms with van der Waals surface area (Å²) in [5.41, 5.74) is 4.83. The molecule has 5 N–H and O–H groups in total. The molecular formula is C52H58N8O7. The Balaban J connectivity index is 0.925. The summed E-state index contributed by atoms with van der Waals surface area (Å²) in [5, 5.41) is 9.48. The molecule has 4 heterocycles. The molecule has 2 aliphatic heterocycles. The largest absolute Gasteiger partial charge is 0.444 e. The Morgan fingerprint density at radius 3 is 1.76 bits per heavy atom. The van der Waals surface area contributed by atoms with Crippen molar-refractivity contribution in [1.29, 1.82) is 0 Å².